The van der Waals surface area contributed by atoms with Gasteiger partial charge in [0.15, 0.2) is 0 Å². The maximum Gasteiger partial charge on any atom is 0.0991 e. The zero-order valence-electron chi connectivity index (χ0n) is 13.7. The molecule has 1 aromatic heterocycles. The summed E-state index contributed by atoms with van der Waals surface area (Å²) in [6.07, 6.45) is 9.61. The van der Waals surface area contributed by atoms with Crippen molar-refractivity contribution < 1.29 is 0 Å². The van der Waals surface area contributed by atoms with Gasteiger partial charge in [0.2, 0.25) is 0 Å². The summed E-state index contributed by atoms with van der Waals surface area (Å²) in [7, 11) is 4.40. The molecule has 0 saturated carbocycles. The second-order valence-electron chi connectivity index (χ2n) is 6.48. The lowest BCUT2D eigenvalue weighted by atomic mass is 10.1. The van der Waals surface area contributed by atoms with Gasteiger partial charge in [-0.15, -0.1) is 0 Å². The highest BCUT2D eigenvalue weighted by Crippen LogP contribution is 2.17. The maximum absolute atomic E-state index is 4.10. The van der Waals surface area contributed by atoms with E-state index >= 15 is 0 Å². The summed E-state index contributed by atoms with van der Waals surface area (Å²) >= 11 is 0. The molecule has 0 spiro atoms. The lowest BCUT2D eigenvalue weighted by molar-refractivity contribution is 0.191. The first kappa shape index (κ1) is 15.3. The average molecular weight is 298 g/mol. The number of hydrogen-bond acceptors (Lipinski definition) is 3. The maximum atomic E-state index is 4.10. The van der Waals surface area contributed by atoms with Gasteiger partial charge in [0.1, 0.15) is 0 Å². The second-order valence-corrected chi connectivity index (χ2v) is 6.48. The Morgan fingerprint density at radius 3 is 2.68 bits per heavy atom. The molecule has 1 aliphatic heterocycles. The molecule has 0 bridgehead atoms. The van der Waals surface area contributed by atoms with Crippen LogP contribution in [-0.4, -0.2) is 52.6 Å². The third-order valence-corrected chi connectivity index (χ3v) is 4.61. The fourth-order valence-electron chi connectivity index (χ4n) is 3.20. The standard InChI is InChI=1S/C18H26N4/c1-20(2)18-5-3-4-11-21(14-18)13-16-6-8-17(9-7-16)22-12-10-19-15-22/h6-10,12,15,18H,3-5,11,13-14H2,1-2H3/t18-/m0/s1. The van der Waals surface area contributed by atoms with Crippen LogP contribution >= 0.6 is 0 Å². The normalized spacial score (nSPS) is 20.2. The minimum absolute atomic E-state index is 0.688. The topological polar surface area (TPSA) is 24.3 Å². The van der Waals surface area contributed by atoms with Gasteiger partial charge in [-0.25, -0.2) is 4.98 Å². The zero-order valence-corrected chi connectivity index (χ0v) is 13.7. The molecule has 0 radical (unpaired) electrons. The molecule has 22 heavy (non-hydrogen) atoms. The van der Waals surface area contributed by atoms with E-state index in [2.05, 4.69) is 53.1 Å². The molecule has 118 valence electrons. The lowest BCUT2D eigenvalue weighted by Gasteiger charge is -2.28. The summed E-state index contributed by atoms with van der Waals surface area (Å²) < 4.78 is 2.04. The quantitative estimate of drug-likeness (QED) is 0.867. The zero-order chi connectivity index (χ0) is 15.4. The van der Waals surface area contributed by atoms with Crippen molar-refractivity contribution in [1.82, 2.24) is 19.4 Å². The van der Waals surface area contributed by atoms with Crippen molar-refractivity contribution in [3.8, 4) is 5.69 Å². The highest BCUT2D eigenvalue weighted by molar-refractivity contribution is 5.34. The van der Waals surface area contributed by atoms with Gasteiger partial charge in [0, 0.05) is 37.2 Å². The number of nitrogens with zero attached hydrogens (tertiary/aromatic N) is 4. The number of aromatic nitrogens is 2. The van der Waals surface area contributed by atoms with Crippen molar-refractivity contribution >= 4 is 0 Å². The lowest BCUT2D eigenvalue weighted by Crippen LogP contribution is -2.38. The third-order valence-electron chi connectivity index (χ3n) is 4.61. The molecule has 2 aromatic rings. The van der Waals surface area contributed by atoms with Crippen molar-refractivity contribution in [3.63, 3.8) is 0 Å². The highest BCUT2D eigenvalue weighted by atomic mass is 15.2. The first-order valence-electron chi connectivity index (χ1n) is 8.18. The summed E-state index contributed by atoms with van der Waals surface area (Å²) in [6.45, 7) is 3.44. The average Bonchev–Trinajstić information content (AvgIpc) is 2.95. The molecular formula is C18H26N4. The minimum Gasteiger partial charge on any atom is -0.306 e. The molecule has 2 heterocycles. The van der Waals surface area contributed by atoms with Crippen LogP contribution in [0.25, 0.3) is 5.69 Å². The van der Waals surface area contributed by atoms with Crippen LogP contribution in [0.3, 0.4) is 0 Å². The Labute approximate surface area is 133 Å². The van der Waals surface area contributed by atoms with Gasteiger partial charge in [0.25, 0.3) is 0 Å². The molecule has 0 amide bonds. The molecule has 0 N–H and O–H groups in total. The number of rotatable bonds is 4. The van der Waals surface area contributed by atoms with E-state index in [0.29, 0.717) is 6.04 Å². The molecule has 4 heteroatoms. The number of imidazole rings is 1. The van der Waals surface area contributed by atoms with Crippen molar-refractivity contribution in [3.05, 3.63) is 48.5 Å². The van der Waals surface area contributed by atoms with Gasteiger partial charge in [-0.05, 0) is 51.2 Å². The van der Waals surface area contributed by atoms with E-state index in [4.69, 9.17) is 0 Å². The Morgan fingerprint density at radius 1 is 1.18 bits per heavy atom. The van der Waals surface area contributed by atoms with E-state index in [0.717, 1.165) is 6.54 Å². The summed E-state index contributed by atoms with van der Waals surface area (Å²) in [6, 6.07) is 9.53. The number of benzene rings is 1. The molecule has 4 nitrogen and oxygen atoms in total. The molecular weight excluding hydrogens is 272 g/mol. The number of likely N-dealkylation sites (tertiary alicyclic amines) is 1. The van der Waals surface area contributed by atoms with Crippen LogP contribution in [0, 0.1) is 0 Å². The second kappa shape index (κ2) is 7.07. The van der Waals surface area contributed by atoms with E-state index in [1.165, 1.54) is 43.6 Å². The van der Waals surface area contributed by atoms with Crippen LogP contribution in [0.2, 0.25) is 0 Å². The Hall–Kier alpha value is -1.65. The van der Waals surface area contributed by atoms with Gasteiger partial charge in [-0.2, -0.15) is 0 Å². The summed E-state index contributed by atoms with van der Waals surface area (Å²) in [5.41, 5.74) is 2.56. The predicted molar refractivity (Wildman–Crippen MR) is 90.2 cm³/mol. The SMILES string of the molecule is CN(C)[C@H]1CCCCN(Cc2ccc(-n3ccnc3)cc2)C1. The van der Waals surface area contributed by atoms with Crippen LogP contribution in [0.5, 0.6) is 0 Å². The molecule has 1 fully saturated rings. The molecule has 0 unspecified atom stereocenters. The van der Waals surface area contributed by atoms with Gasteiger partial charge in [-0.3, -0.25) is 4.90 Å². The van der Waals surface area contributed by atoms with Gasteiger partial charge in [-0.1, -0.05) is 18.6 Å². The third kappa shape index (κ3) is 3.76. The number of hydrogen-bond donors (Lipinski definition) is 0. The molecule has 3 rings (SSSR count). The van der Waals surface area contributed by atoms with Crippen LogP contribution in [-0.2, 0) is 6.54 Å². The molecule has 0 aliphatic carbocycles. The summed E-state index contributed by atoms with van der Waals surface area (Å²) in [4.78, 5) is 9.08. The van der Waals surface area contributed by atoms with Crippen molar-refractivity contribution in [2.45, 2.75) is 31.8 Å². The Balaban J connectivity index is 1.64. The molecule has 1 atom stereocenters. The molecule has 1 aliphatic rings. The van der Waals surface area contributed by atoms with Crippen molar-refractivity contribution in [1.29, 1.82) is 0 Å². The first-order valence-corrected chi connectivity index (χ1v) is 8.18. The van der Waals surface area contributed by atoms with E-state index in [1.807, 2.05) is 23.3 Å². The van der Waals surface area contributed by atoms with Crippen LogP contribution in [0.15, 0.2) is 43.0 Å². The minimum atomic E-state index is 0.688. The monoisotopic (exact) mass is 298 g/mol. The predicted octanol–water partition coefficient (Wildman–Crippen LogP) is 2.79. The molecule has 1 aromatic carbocycles. The largest absolute Gasteiger partial charge is 0.306 e. The Morgan fingerprint density at radius 2 is 2.00 bits per heavy atom. The van der Waals surface area contributed by atoms with Crippen LogP contribution in [0.4, 0.5) is 0 Å². The molecule has 1 saturated heterocycles. The fraction of sp³-hybridized carbons (Fsp3) is 0.500. The van der Waals surface area contributed by atoms with E-state index in [9.17, 15) is 0 Å². The van der Waals surface area contributed by atoms with E-state index in [-0.39, 0.29) is 0 Å². The van der Waals surface area contributed by atoms with Crippen molar-refractivity contribution in [2.75, 3.05) is 27.2 Å². The summed E-state index contributed by atoms with van der Waals surface area (Å²) in [5, 5.41) is 0. The van der Waals surface area contributed by atoms with E-state index in [1.54, 1.807) is 0 Å². The number of likely N-dealkylation sites (N-methyl/N-ethyl adjacent to an activating group) is 1. The fourth-order valence-corrected chi connectivity index (χ4v) is 3.20. The Bertz CT molecular complexity index is 559. The van der Waals surface area contributed by atoms with E-state index < -0.39 is 0 Å². The van der Waals surface area contributed by atoms with Crippen LogP contribution in [0.1, 0.15) is 24.8 Å². The van der Waals surface area contributed by atoms with Crippen LogP contribution < -0.4 is 0 Å². The van der Waals surface area contributed by atoms with Gasteiger partial charge < -0.3 is 9.47 Å². The highest BCUT2D eigenvalue weighted by Gasteiger charge is 2.19. The van der Waals surface area contributed by atoms with Crippen molar-refractivity contribution in [2.24, 2.45) is 0 Å². The smallest absolute Gasteiger partial charge is 0.0991 e. The van der Waals surface area contributed by atoms with Gasteiger partial charge in [0.05, 0.1) is 6.33 Å². The van der Waals surface area contributed by atoms with Gasteiger partial charge >= 0.3 is 0 Å². The Kier molecular flexibility index (Phi) is 4.90. The first-order chi connectivity index (χ1) is 10.7. The summed E-state index contributed by atoms with van der Waals surface area (Å²) in [5.74, 6) is 0.